The number of nitrogens with zero attached hydrogens (tertiary/aromatic N) is 3. The van der Waals surface area contributed by atoms with E-state index in [4.69, 9.17) is 10.5 Å². The summed E-state index contributed by atoms with van der Waals surface area (Å²) in [6, 6.07) is 8.17. The van der Waals surface area contributed by atoms with Gasteiger partial charge in [0.15, 0.2) is 5.78 Å². The van der Waals surface area contributed by atoms with E-state index in [-0.39, 0.29) is 11.6 Å². The van der Waals surface area contributed by atoms with Gasteiger partial charge in [0, 0.05) is 30.8 Å². The van der Waals surface area contributed by atoms with E-state index in [1.807, 2.05) is 10.0 Å². The van der Waals surface area contributed by atoms with Crippen LogP contribution in [-0.2, 0) is 9.53 Å². The minimum absolute atomic E-state index is 0.0316. The molecule has 1 atom stereocenters. The van der Waals surface area contributed by atoms with E-state index >= 15 is 0 Å². The SMILES string of the molecule is N#CC1=C(N)N(N2CCOCC2)C2=C(C(=O)CCC2)C1c1ccc(F)cc1. The van der Waals surface area contributed by atoms with Crippen LogP contribution in [0.1, 0.15) is 30.7 Å². The van der Waals surface area contributed by atoms with Crippen molar-refractivity contribution in [2.45, 2.75) is 25.2 Å². The molecule has 0 radical (unpaired) electrons. The fraction of sp³-hybridized carbons (Fsp3) is 0.400. The smallest absolute Gasteiger partial charge is 0.161 e. The highest BCUT2D eigenvalue weighted by Crippen LogP contribution is 2.45. The lowest BCUT2D eigenvalue weighted by Gasteiger charge is -2.45. The van der Waals surface area contributed by atoms with Gasteiger partial charge in [0.25, 0.3) is 0 Å². The van der Waals surface area contributed by atoms with Gasteiger partial charge in [-0.15, -0.1) is 0 Å². The first-order chi connectivity index (χ1) is 13.1. The number of hydrazine groups is 1. The number of ketones is 1. The predicted molar refractivity (Wildman–Crippen MR) is 96.1 cm³/mol. The molecule has 1 fully saturated rings. The van der Waals surface area contributed by atoms with Gasteiger partial charge in [-0.3, -0.25) is 9.80 Å². The molecule has 1 aromatic carbocycles. The van der Waals surface area contributed by atoms with E-state index in [0.29, 0.717) is 55.3 Å². The van der Waals surface area contributed by atoms with Gasteiger partial charge in [-0.1, -0.05) is 12.1 Å². The van der Waals surface area contributed by atoms with E-state index in [1.165, 1.54) is 12.1 Å². The first-order valence-electron chi connectivity index (χ1n) is 9.16. The number of allylic oxidation sites excluding steroid dienone is 3. The second kappa shape index (κ2) is 7.14. The number of ether oxygens (including phenoxy) is 1. The molecule has 1 saturated heterocycles. The first kappa shape index (κ1) is 17.7. The molecule has 0 amide bonds. The van der Waals surface area contributed by atoms with Gasteiger partial charge < -0.3 is 10.5 Å². The first-order valence-corrected chi connectivity index (χ1v) is 9.16. The number of morpholine rings is 1. The highest BCUT2D eigenvalue weighted by Gasteiger charge is 2.41. The van der Waals surface area contributed by atoms with Gasteiger partial charge in [-0.25, -0.2) is 9.40 Å². The van der Waals surface area contributed by atoms with Crippen LogP contribution in [0, 0.1) is 17.1 Å². The largest absolute Gasteiger partial charge is 0.383 e. The number of carbonyl (C=O) groups excluding carboxylic acids is 1. The van der Waals surface area contributed by atoms with Crippen molar-refractivity contribution in [3.05, 3.63) is 58.3 Å². The molecule has 2 N–H and O–H groups in total. The quantitative estimate of drug-likeness (QED) is 0.862. The zero-order valence-electron chi connectivity index (χ0n) is 14.9. The minimum Gasteiger partial charge on any atom is -0.383 e. The fourth-order valence-corrected chi connectivity index (χ4v) is 4.13. The summed E-state index contributed by atoms with van der Waals surface area (Å²) in [4.78, 5) is 12.9. The lowest BCUT2D eigenvalue weighted by molar-refractivity contribution is -0.117. The number of nitriles is 1. The number of benzene rings is 1. The van der Waals surface area contributed by atoms with Crippen LogP contribution in [0.2, 0.25) is 0 Å². The summed E-state index contributed by atoms with van der Waals surface area (Å²) in [5.74, 6) is -0.522. The predicted octanol–water partition coefficient (Wildman–Crippen LogP) is 2.17. The lowest BCUT2D eigenvalue weighted by Crippen LogP contribution is -2.52. The van der Waals surface area contributed by atoms with Crippen molar-refractivity contribution >= 4 is 5.78 Å². The number of rotatable bonds is 2. The van der Waals surface area contributed by atoms with E-state index in [1.54, 1.807) is 12.1 Å². The molecule has 6 nitrogen and oxygen atoms in total. The van der Waals surface area contributed by atoms with Crippen LogP contribution in [0.3, 0.4) is 0 Å². The molecule has 7 heteroatoms. The van der Waals surface area contributed by atoms with Gasteiger partial charge in [-0.2, -0.15) is 5.26 Å². The standard InChI is InChI=1S/C20H21FN4O2/c21-14-6-4-13(5-7-14)18-15(12-22)20(23)25(24-8-10-27-11-9-24)16-2-1-3-17(26)19(16)18/h4-7,18H,1-3,8-11,23H2. The maximum atomic E-state index is 13.4. The Labute approximate surface area is 157 Å². The van der Waals surface area contributed by atoms with Gasteiger partial charge in [0.1, 0.15) is 11.6 Å². The highest BCUT2D eigenvalue weighted by molar-refractivity contribution is 5.99. The van der Waals surface area contributed by atoms with Crippen molar-refractivity contribution in [2.24, 2.45) is 5.73 Å². The van der Waals surface area contributed by atoms with E-state index in [2.05, 4.69) is 6.07 Å². The van der Waals surface area contributed by atoms with E-state index in [0.717, 1.165) is 18.5 Å². The molecular weight excluding hydrogens is 347 g/mol. The molecule has 1 unspecified atom stereocenters. The third-order valence-corrected chi connectivity index (χ3v) is 5.36. The normalized spacial score (nSPS) is 24.1. The van der Waals surface area contributed by atoms with Crippen LogP contribution < -0.4 is 5.73 Å². The molecule has 1 aromatic rings. The summed E-state index contributed by atoms with van der Waals surface area (Å²) in [5.41, 5.74) is 8.98. The Hall–Kier alpha value is -2.69. The maximum Gasteiger partial charge on any atom is 0.161 e. The van der Waals surface area contributed by atoms with Crippen LogP contribution >= 0.6 is 0 Å². The minimum atomic E-state index is -0.546. The van der Waals surface area contributed by atoms with Crippen molar-refractivity contribution in [3.8, 4) is 6.07 Å². The van der Waals surface area contributed by atoms with Crippen LogP contribution in [0.15, 0.2) is 46.9 Å². The van der Waals surface area contributed by atoms with E-state index < -0.39 is 5.92 Å². The molecule has 4 rings (SSSR count). The van der Waals surface area contributed by atoms with Crippen LogP contribution in [-0.4, -0.2) is 42.1 Å². The summed E-state index contributed by atoms with van der Waals surface area (Å²) in [6.45, 7) is 2.43. The Balaban J connectivity index is 1.87. The average molecular weight is 368 g/mol. The van der Waals surface area contributed by atoms with Crippen LogP contribution in [0.5, 0.6) is 0 Å². The van der Waals surface area contributed by atoms with Gasteiger partial charge >= 0.3 is 0 Å². The molecule has 3 aliphatic rings. The van der Waals surface area contributed by atoms with Crippen LogP contribution in [0.4, 0.5) is 4.39 Å². The molecule has 2 aliphatic heterocycles. The number of Topliss-reactive ketones (excluding diaryl/α,β-unsaturated/α-hetero) is 1. The topological polar surface area (TPSA) is 82.6 Å². The van der Waals surface area contributed by atoms with Gasteiger partial charge in [0.05, 0.1) is 30.8 Å². The summed E-state index contributed by atoms with van der Waals surface area (Å²) < 4.78 is 18.8. The van der Waals surface area contributed by atoms with E-state index in [9.17, 15) is 14.4 Å². The van der Waals surface area contributed by atoms with Gasteiger partial charge in [0.2, 0.25) is 0 Å². The molecule has 0 saturated carbocycles. The molecule has 0 spiro atoms. The zero-order chi connectivity index (χ0) is 19.0. The maximum absolute atomic E-state index is 13.4. The molecule has 1 aliphatic carbocycles. The number of halogens is 1. The summed E-state index contributed by atoms with van der Waals surface area (Å²) in [5, 5.41) is 13.8. The molecule has 27 heavy (non-hydrogen) atoms. The van der Waals surface area contributed by atoms with Gasteiger partial charge in [-0.05, 0) is 30.5 Å². The number of nitrogens with two attached hydrogens (primary N) is 1. The number of carbonyl (C=O) groups is 1. The molecule has 2 heterocycles. The summed E-state index contributed by atoms with van der Waals surface area (Å²) in [7, 11) is 0. The number of hydrogen-bond donors (Lipinski definition) is 1. The Morgan fingerprint density at radius 1 is 1.19 bits per heavy atom. The van der Waals surface area contributed by atoms with Crippen molar-refractivity contribution in [3.63, 3.8) is 0 Å². The highest BCUT2D eigenvalue weighted by atomic mass is 19.1. The lowest BCUT2D eigenvalue weighted by atomic mass is 9.76. The second-order valence-corrected chi connectivity index (χ2v) is 6.91. The summed E-state index contributed by atoms with van der Waals surface area (Å²) in [6.07, 6.45) is 1.92. The summed E-state index contributed by atoms with van der Waals surface area (Å²) >= 11 is 0. The van der Waals surface area contributed by atoms with Crippen molar-refractivity contribution in [2.75, 3.05) is 26.3 Å². The Kier molecular flexibility index (Phi) is 4.68. The second-order valence-electron chi connectivity index (χ2n) is 6.91. The Bertz CT molecular complexity index is 863. The number of hydrogen-bond acceptors (Lipinski definition) is 6. The fourth-order valence-electron chi connectivity index (χ4n) is 4.13. The molecule has 140 valence electrons. The third kappa shape index (κ3) is 3.01. The van der Waals surface area contributed by atoms with Crippen molar-refractivity contribution in [1.82, 2.24) is 10.0 Å². The third-order valence-electron chi connectivity index (χ3n) is 5.36. The zero-order valence-corrected chi connectivity index (χ0v) is 14.9. The monoisotopic (exact) mass is 368 g/mol. The molecule has 0 bridgehead atoms. The Morgan fingerprint density at radius 3 is 2.56 bits per heavy atom. The Morgan fingerprint density at radius 2 is 1.89 bits per heavy atom. The van der Waals surface area contributed by atoms with Crippen molar-refractivity contribution in [1.29, 1.82) is 5.26 Å². The molecule has 0 aromatic heterocycles. The van der Waals surface area contributed by atoms with Crippen LogP contribution in [0.25, 0.3) is 0 Å². The molecular formula is C20H21FN4O2. The van der Waals surface area contributed by atoms with Crippen molar-refractivity contribution < 1.29 is 13.9 Å². The average Bonchev–Trinajstić information content (AvgIpc) is 2.69.